The topological polar surface area (TPSA) is 79.6 Å². The maximum atomic E-state index is 12.7. The zero-order valence-corrected chi connectivity index (χ0v) is 13.0. The van der Waals surface area contributed by atoms with Crippen LogP contribution in [0.15, 0.2) is 29.2 Å². The Kier molecular flexibility index (Phi) is 4.06. The predicted octanol–water partition coefficient (Wildman–Crippen LogP) is 1.58. The summed E-state index contributed by atoms with van der Waals surface area (Å²) in [6.07, 6.45) is -0.223. The van der Waals surface area contributed by atoms with Crippen molar-refractivity contribution in [3.63, 3.8) is 0 Å². The Balaban J connectivity index is 2.55. The van der Waals surface area contributed by atoms with Crippen LogP contribution in [-0.4, -0.2) is 42.0 Å². The fourth-order valence-corrected chi connectivity index (χ4v) is 3.94. The first-order valence-electron chi connectivity index (χ1n) is 6.49. The van der Waals surface area contributed by atoms with E-state index in [-0.39, 0.29) is 17.9 Å². The van der Waals surface area contributed by atoms with Gasteiger partial charge in [-0.25, -0.2) is 12.7 Å². The molecule has 0 fully saturated rings. The molecular formula is C14H18N2O4S. The van der Waals surface area contributed by atoms with Gasteiger partial charge in [0.25, 0.3) is 0 Å². The number of hydrogen-bond acceptors (Lipinski definition) is 3. The Bertz CT molecular complexity index is 793. The minimum atomic E-state index is -3.72. The Labute approximate surface area is 123 Å². The molecule has 0 saturated carbocycles. The van der Waals surface area contributed by atoms with Crippen molar-refractivity contribution in [2.24, 2.45) is 7.05 Å². The van der Waals surface area contributed by atoms with Crippen molar-refractivity contribution in [1.82, 2.24) is 8.87 Å². The average molecular weight is 310 g/mol. The molecule has 0 aliphatic carbocycles. The number of carboxylic acids is 1. The van der Waals surface area contributed by atoms with E-state index in [4.69, 9.17) is 5.11 Å². The van der Waals surface area contributed by atoms with Crippen LogP contribution in [0.2, 0.25) is 0 Å². The third-order valence-electron chi connectivity index (χ3n) is 3.65. The van der Waals surface area contributed by atoms with Gasteiger partial charge in [-0.05, 0) is 13.0 Å². The normalized spacial score (nSPS) is 12.2. The molecule has 1 aromatic heterocycles. The van der Waals surface area contributed by atoms with E-state index in [1.807, 2.05) is 23.7 Å². The molecule has 1 N–H and O–H groups in total. The van der Waals surface area contributed by atoms with E-state index < -0.39 is 16.0 Å². The maximum absolute atomic E-state index is 12.7. The van der Waals surface area contributed by atoms with Crippen LogP contribution >= 0.6 is 0 Å². The molecule has 0 amide bonds. The first-order chi connectivity index (χ1) is 9.76. The summed E-state index contributed by atoms with van der Waals surface area (Å²) in [5, 5.41) is 9.36. The summed E-state index contributed by atoms with van der Waals surface area (Å²) >= 11 is 0. The zero-order valence-electron chi connectivity index (χ0n) is 12.2. The highest BCUT2D eigenvalue weighted by Crippen LogP contribution is 2.30. The van der Waals surface area contributed by atoms with Crippen LogP contribution in [0.25, 0.3) is 10.9 Å². The number of carboxylic acid groups (broad SMARTS) is 1. The summed E-state index contributed by atoms with van der Waals surface area (Å²) in [5.41, 5.74) is 1.47. The van der Waals surface area contributed by atoms with Gasteiger partial charge in [0.15, 0.2) is 0 Å². The van der Waals surface area contributed by atoms with Crippen LogP contribution in [0.1, 0.15) is 12.1 Å². The molecule has 0 aliphatic rings. The molecule has 1 heterocycles. The zero-order chi connectivity index (χ0) is 15.8. The largest absolute Gasteiger partial charge is 0.481 e. The van der Waals surface area contributed by atoms with Gasteiger partial charge in [0, 0.05) is 37.2 Å². The summed E-state index contributed by atoms with van der Waals surface area (Å²) in [4.78, 5) is 10.9. The van der Waals surface area contributed by atoms with E-state index in [1.165, 1.54) is 7.05 Å². The van der Waals surface area contributed by atoms with Crippen molar-refractivity contribution in [1.29, 1.82) is 0 Å². The van der Waals surface area contributed by atoms with Crippen molar-refractivity contribution in [3.05, 3.63) is 30.0 Å². The van der Waals surface area contributed by atoms with Crippen molar-refractivity contribution >= 4 is 26.9 Å². The van der Waals surface area contributed by atoms with Gasteiger partial charge in [-0.15, -0.1) is 0 Å². The lowest BCUT2D eigenvalue weighted by molar-refractivity contribution is -0.137. The summed E-state index contributed by atoms with van der Waals surface area (Å²) in [5.74, 6) is -1.02. The third kappa shape index (κ3) is 2.66. The van der Waals surface area contributed by atoms with Gasteiger partial charge in [0.1, 0.15) is 4.90 Å². The summed E-state index contributed by atoms with van der Waals surface area (Å²) in [7, 11) is -0.506. The number of aromatic nitrogens is 1. The summed E-state index contributed by atoms with van der Waals surface area (Å²) < 4.78 is 28.3. The molecule has 0 radical (unpaired) electrons. The van der Waals surface area contributed by atoms with Crippen LogP contribution in [0.5, 0.6) is 0 Å². The van der Waals surface area contributed by atoms with E-state index in [0.29, 0.717) is 11.1 Å². The van der Waals surface area contributed by atoms with Gasteiger partial charge < -0.3 is 9.67 Å². The Morgan fingerprint density at radius 3 is 2.57 bits per heavy atom. The number of fused-ring (bicyclic) bond motifs is 1. The molecule has 114 valence electrons. The van der Waals surface area contributed by atoms with E-state index in [0.717, 1.165) is 9.82 Å². The van der Waals surface area contributed by atoms with Gasteiger partial charge in [0.05, 0.1) is 6.42 Å². The Morgan fingerprint density at radius 1 is 1.33 bits per heavy atom. The number of hydrogen-bond donors (Lipinski definition) is 1. The number of sulfonamides is 1. The Hall–Kier alpha value is -1.86. The van der Waals surface area contributed by atoms with E-state index in [2.05, 4.69) is 0 Å². The predicted molar refractivity (Wildman–Crippen MR) is 79.7 cm³/mol. The van der Waals surface area contributed by atoms with Gasteiger partial charge in [-0.1, -0.05) is 18.2 Å². The maximum Gasteiger partial charge on any atom is 0.304 e. The van der Waals surface area contributed by atoms with Gasteiger partial charge in [0.2, 0.25) is 10.0 Å². The van der Waals surface area contributed by atoms with Crippen LogP contribution in [-0.2, 0) is 21.9 Å². The lowest BCUT2D eigenvalue weighted by atomic mass is 10.2. The lowest BCUT2D eigenvalue weighted by Crippen LogP contribution is -2.29. The first-order valence-corrected chi connectivity index (χ1v) is 7.93. The van der Waals surface area contributed by atoms with Gasteiger partial charge >= 0.3 is 5.97 Å². The molecule has 7 heteroatoms. The molecular weight excluding hydrogens is 292 g/mol. The quantitative estimate of drug-likeness (QED) is 0.909. The fourth-order valence-electron chi connectivity index (χ4n) is 2.34. The average Bonchev–Trinajstić information content (AvgIpc) is 2.69. The molecule has 21 heavy (non-hydrogen) atoms. The standard InChI is InChI=1S/C14H18N2O4S/c1-10-14(11-6-4-5-7-12(11)16(10)3)21(19,20)15(2)9-8-13(17)18/h4-7H,8-9H2,1-3H3,(H,17,18). The van der Waals surface area contributed by atoms with Crippen molar-refractivity contribution in [3.8, 4) is 0 Å². The van der Waals surface area contributed by atoms with Crippen LogP contribution < -0.4 is 0 Å². The molecule has 0 unspecified atom stereocenters. The second-order valence-corrected chi connectivity index (χ2v) is 6.94. The molecule has 0 aliphatic heterocycles. The fraction of sp³-hybridized carbons (Fsp3) is 0.357. The van der Waals surface area contributed by atoms with E-state index in [9.17, 15) is 13.2 Å². The molecule has 0 bridgehead atoms. The molecule has 2 aromatic rings. The molecule has 1 aromatic carbocycles. The number of benzene rings is 1. The van der Waals surface area contributed by atoms with Gasteiger partial charge in [-0.3, -0.25) is 4.79 Å². The van der Waals surface area contributed by atoms with Crippen molar-refractivity contribution in [2.75, 3.05) is 13.6 Å². The number of aliphatic carboxylic acids is 1. The molecule has 2 rings (SSSR count). The van der Waals surface area contributed by atoms with Crippen LogP contribution in [0.4, 0.5) is 0 Å². The molecule has 0 saturated heterocycles. The van der Waals surface area contributed by atoms with Gasteiger partial charge in [-0.2, -0.15) is 0 Å². The SMILES string of the molecule is Cc1c(S(=O)(=O)N(C)CCC(=O)O)c2ccccc2n1C. The van der Waals surface area contributed by atoms with Crippen LogP contribution in [0, 0.1) is 6.92 Å². The van der Waals surface area contributed by atoms with E-state index >= 15 is 0 Å². The van der Waals surface area contributed by atoms with Crippen molar-refractivity contribution in [2.45, 2.75) is 18.2 Å². The number of rotatable bonds is 5. The Morgan fingerprint density at radius 2 is 1.95 bits per heavy atom. The summed E-state index contributed by atoms with van der Waals surface area (Å²) in [6.45, 7) is 1.69. The minimum Gasteiger partial charge on any atom is -0.481 e. The number of aryl methyl sites for hydroxylation is 1. The highest BCUT2D eigenvalue weighted by molar-refractivity contribution is 7.89. The van der Waals surface area contributed by atoms with Crippen molar-refractivity contribution < 1.29 is 18.3 Å². The smallest absolute Gasteiger partial charge is 0.304 e. The number of carbonyl (C=O) groups is 1. The summed E-state index contributed by atoms with van der Waals surface area (Å²) in [6, 6.07) is 7.27. The highest BCUT2D eigenvalue weighted by atomic mass is 32.2. The minimum absolute atomic E-state index is 0.0552. The number of nitrogens with zero attached hydrogens (tertiary/aromatic N) is 2. The monoisotopic (exact) mass is 310 g/mol. The molecule has 0 spiro atoms. The first kappa shape index (κ1) is 15.5. The number of para-hydroxylation sites is 1. The lowest BCUT2D eigenvalue weighted by Gasteiger charge is -2.16. The third-order valence-corrected chi connectivity index (χ3v) is 5.69. The van der Waals surface area contributed by atoms with Crippen LogP contribution in [0.3, 0.4) is 0 Å². The molecule has 0 atom stereocenters. The second-order valence-electron chi connectivity index (χ2n) is 4.96. The second kappa shape index (κ2) is 5.50. The highest BCUT2D eigenvalue weighted by Gasteiger charge is 2.28. The molecule has 6 nitrogen and oxygen atoms in total. The van der Waals surface area contributed by atoms with E-state index in [1.54, 1.807) is 19.1 Å².